The molecule has 0 N–H and O–H groups in total. The maximum absolute atomic E-state index is 11.1. The van der Waals surface area contributed by atoms with E-state index in [2.05, 4.69) is 0 Å². The number of hydrogen-bond donors (Lipinski definition) is 0. The second-order valence-corrected chi connectivity index (χ2v) is 7.29. The Kier molecular flexibility index (Phi) is 6.48. The fraction of sp³-hybridized carbons (Fsp3) is 0.294. The number of halogens is 1. The van der Waals surface area contributed by atoms with Crippen molar-refractivity contribution < 1.29 is 22.1 Å². The molecule has 2 aromatic carbocycles. The van der Waals surface area contributed by atoms with Gasteiger partial charge in [0.05, 0.1) is 19.0 Å². The number of ether oxygens (including phenoxy) is 2. The van der Waals surface area contributed by atoms with Gasteiger partial charge in [-0.15, -0.1) is 0 Å². The van der Waals surface area contributed by atoms with Gasteiger partial charge in [-0.25, -0.2) is 0 Å². The molecule has 0 fully saturated rings. The standard InChI is InChI=1S/C17H19ClO5S/c1-13(23-24(2,19)20)10-11-21-16-9-8-14(18)12-17(16)22-15-6-4-3-5-7-15/h3-9,12-13H,10-11H2,1-2H3/t13-/m0/s1. The van der Waals surface area contributed by atoms with Crippen molar-refractivity contribution in [1.29, 1.82) is 0 Å². The number of rotatable bonds is 8. The van der Waals surface area contributed by atoms with Gasteiger partial charge >= 0.3 is 0 Å². The van der Waals surface area contributed by atoms with Gasteiger partial charge < -0.3 is 9.47 Å². The summed E-state index contributed by atoms with van der Waals surface area (Å²) in [6.45, 7) is 1.96. The molecule has 0 aliphatic carbocycles. The summed E-state index contributed by atoms with van der Waals surface area (Å²) in [5.74, 6) is 1.68. The van der Waals surface area contributed by atoms with E-state index >= 15 is 0 Å². The maximum atomic E-state index is 11.1. The summed E-state index contributed by atoms with van der Waals surface area (Å²) in [5.41, 5.74) is 0. The van der Waals surface area contributed by atoms with Crippen LogP contribution in [-0.2, 0) is 14.3 Å². The van der Waals surface area contributed by atoms with Crippen LogP contribution in [0.25, 0.3) is 0 Å². The third-order valence-corrected chi connectivity index (χ3v) is 3.91. The molecule has 5 nitrogen and oxygen atoms in total. The average molecular weight is 371 g/mol. The molecule has 0 aromatic heterocycles. The molecule has 0 saturated carbocycles. The van der Waals surface area contributed by atoms with Gasteiger partial charge in [0.25, 0.3) is 10.1 Å². The van der Waals surface area contributed by atoms with Crippen LogP contribution in [0.1, 0.15) is 13.3 Å². The van der Waals surface area contributed by atoms with Gasteiger partial charge in [0.2, 0.25) is 0 Å². The summed E-state index contributed by atoms with van der Waals surface area (Å²) in [6, 6.07) is 14.4. The first-order chi connectivity index (χ1) is 11.3. The van der Waals surface area contributed by atoms with E-state index in [-0.39, 0.29) is 6.61 Å². The van der Waals surface area contributed by atoms with E-state index in [4.69, 9.17) is 25.3 Å². The first kappa shape index (κ1) is 18.6. The van der Waals surface area contributed by atoms with Crippen LogP contribution < -0.4 is 9.47 Å². The highest BCUT2D eigenvalue weighted by atomic mass is 35.5. The molecular weight excluding hydrogens is 352 g/mol. The number of hydrogen-bond acceptors (Lipinski definition) is 5. The van der Waals surface area contributed by atoms with E-state index in [1.165, 1.54) is 0 Å². The summed E-state index contributed by atoms with van der Waals surface area (Å²) < 4.78 is 38.5. The van der Waals surface area contributed by atoms with E-state index in [1.54, 1.807) is 25.1 Å². The van der Waals surface area contributed by atoms with Crippen LogP contribution in [0.5, 0.6) is 17.2 Å². The van der Waals surface area contributed by atoms with Gasteiger partial charge in [0.15, 0.2) is 11.5 Å². The molecule has 0 amide bonds. The zero-order valence-corrected chi connectivity index (χ0v) is 15.0. The SMILES string of the molecule is C[C@@H](CCOc1ccc(Cl)cc1Oc1ccccc1)OS(C)(=O)=O. The minimum Gasteiger partial charge on any atom is -0.490 e. The highest BCUT2D eigenvalue weighted by Gasteiger charge is 2.12. The molecule has 24 heavy (non-hydrogen) atoms. The van der Waals surface area contributed by atoms with Crippen molar-refractivity contribution in [2.75, 3.05) is 12.9 Å². The molecule has 2 rings (SSSR count). The first-order valence-electron chi connectivity index (χ1n) is 7.37. The molecule has 0 aliphatic rings. The Morgan fingerprint density at radius 2 is 1.79 bits per heavy atom. The van der Waals surface area contributed by atoms with Crippen molar-refractivity contribution in [2.24, 2.45) is 0 Å². The molecule has 0 saturated heterocycles. The van der Waals surface area contributed by atoms with Crippen LogP contribution in [0.2, 0.25) is 5.02 Å². The molecule has 0 radical (unpaired) electrons. The second kappa shape index (κ2) is 8.37. The number of para-hydroxylation sites is 1. The van der Waals surface area contributed by atoms with Crippen molar-refractivity contribution in [3.05, 3.63) is 53.6 Å². The van der Waals surface area contributed by atoms with Crippen molar-refractivity contribution in [2.45, 2.75) is 19.4 Å². The molecule has 130 valence electrons. The Hall–Kier alpha value is -1.76. The zero-order valence-electron chi connectivity index (χ0n) is 13.4. The lowest BCUT2D eigenvalue weighted by atomic mass is 10.3. The van der Waals surface area contributed by atoms with Crippen molar-refractivity contribution >= 4 is 21.7 Å². The minimum atomic E-state index is -3.47. The van der Waals surface area contributed by atoms with Crippen LogP contribution >= 0.6 is 11.6 Å². The van der Waals surface area contributed by atoms with Crippen LogP contribution in [0.3, 0.4) is 0 Å². The Morgan fingerprint density at radius 3 is 2.46 bits per heavy atom. The minimum absolute atomic E-state index is 0.281. The maximum Gasteiger partial charge on any atom is 0.264 e. The molecule has 7 heteroatoms. The fourth-order valence-corrected chi connectivity index (χ4v) is 2.83. The molecule has 0 spiro atoms. The summed E-state index contributed by atoms with van der Waals surface area (Å²) in [7, 11) is -3.47. The topological polar surface area (TPSA) is 61.8 Å². The monoisotopic (exact) mass is 370 g/mol. The lowest BCUT2D eigenvalue weighted by Crippen LogP contribution is -2.17. The molecule has 2 aromatic rings. The highest BCUT2D eigenvalue weighted by molar-refractivity contribution is 7.86. The molecule has 0 unspecified atom stereocenters. The van der Waals surface area contributed by atoms with E-state index in [0.717, 1.165) is 6.26 Å². The third-order valence-electron chi connectivity index (χ3n) is 3.00. The van der Waals surface area contributed by atoms with Crippen molar-refractivity contribution in [3.63, 3.8) is 0 Å². The summed E-state index contributed by atoms with van der Waals surface area (Å²) in [5, 5.41) is 0.530. The Bertz CT molecular complexity index is 762. The summed E-state index contributed by atoms with van der Waals surface area (Å²) in [6.07, 6.45) is 0.973. The number of benzene rings is 2. The molecule has 0 aliphatic heterocycles. The molecular formula is C17H19ClO5S. The van der Waals surface area contributed by atoms with E-state index in [9.17, 15) is 8.42 Å². The van der Waals surface area contributed by atoms with Gasteiger partial charge in [0, 0.05) is 17.5 Å². The molecule has 0 heterocycles. The lowest BCUT2D eigenvalue weighted by Gasteiger charge is -2.15. The largest absolute Gasteiger partial charge is 0.490 e. The molecule has 0 bridgehead atoms. The Balaban J connectivity index is 2.00. The Labute approximate surface area is 147 Å². The quantitative estimate of drug-likeness (QED) is 0.649. The average Bonchev–Trinajstić information content (AvgIpc) is 2.49. The van der Waals surface area contributed by atoms with E-state index < -0.39 is 16.2 Å². The normalized spacial score (nSPS) is 12.6. The molecule has 1 atom stereocenters. The summed E-state index contributed by atoms with van der Waals surface area (Å²) in [4.78, 5) is 0. The first-order valence-corrected chi connectivity index (χ1v) is 9.56. The zero-order chi connectivity index (χ0) is 17.6. The smallest absolute Gasteiger partial charge is 0.264 e. The highest BCUT2D eigenvalue weighted by Crippen LogP contribution is 2.34. The van der Waals surface area contributed by atoms with Crippen LogP contribution in [-0.4, -0.2) is 27.4 Å². The van der Waals surface area contributed by atoms with E-state index in [1.807, 2.05) is 30.3 Å². The van der Waals surface area contributed by atoms with Crippen LogP contribution in [0.4, 0.5) is 0 Å². The fourth-order valence-electron chi connectivity index (χ4n) is 1.98. The third kappa shape index (κ3) is 6.39. The van der Waals surface area contributed by atoms with Gasteiger partial charge in [-0.1, -0.05) is 29.8 Å². The van der Waals surface area contributed by atoms with Gasteiger partial charge in [0.1, 0.15) is 5.75 Å². The van der Waals surface area contributed by atoms with Crippen molar-refractivity contribution in [1.82, 2.24) is 0 Å². The van der Waals surface area contributed by atoms with Crippen LogP contribution in [0, 0.1) is 0 Å². The summed E-state index contributed by atoms with van der Waals surface area (Å²) >= 11 is 6.02. The Morgan fingerprint density at radius 1 is 1.08 bits per heavy atom. The van der Waals surface area contributed by atoms with Crippen LogP contribution in [0.15, 0.2) is 48.5 Å². The van der Waals surface area contributed by atoms with Gasteiger partial charge in [-0.2, -0.15) is 8.42 Å². The van der Waals surface area contributed by atoms with E-state index in [0.29, 0.717) is 28.7 Å². The second-order valence-electron chi connectivity index (χ2n) is 5.25. The predicted octanol–water partition coefficient (Wildman–Crippen LogP) is 4.27. The lowest BCUT2D eigenvalue weighted by molar-refractivity contribution is 0.183. The predicted molar refractivity (Wildman–Crippen MR) is 93.5 cm³/mol. The van der Waals surface area contributed by atoms with Gasteiger partial charge in [-0.05, 0) is 31.2 Å². The van der Waals surface area contributed by atoms with Gasteiger partial charge in [-0.3, -0.25) is 4.18 Å². The van der Waals surface area contributed by atoms with Crippen molar-refractivity contribution in [3.8, 4) is 17.2 Å².